The second-order valence-corrected chi connectivity index (χ2v) is 8.73. The number of hydrogen-bond acceptors (Lipinski definition) is 0. The van der Waals surface area contributed by atoms with E-state index in [1.165, 1.54) is 27.7 Å². The van der Waals surface area contributed by atoms with Crippen molar-refractivity contribution in [2.75, 3.05) is 0 Å². The molecule has 0 aliphatic rings. The minimum Gasteiger partial charge on any atom is -0.309 e. The molecule has 4 aromatic rings. The summed E-state index contributed by atoms with van der Waals surface area (Å²) in [4.78, 5) is 0. The van der Waals surface area contributed by atoms with Crippen molar-refractivity contribution < 1.29 is 0 Å². The van der Waals surface area contributed by atoms with E-state index in [0.717, 1.165) is 28.0 Å². The Bertz CT molecular complexity index is 1520. The summed E-state index contributed by atoms with van der Waals surface area (Å²) in [5.74, 6) is 0. The first-order valence-electron chi connectivity index (χ1n) is 12.3. The van der Waals surface area contributed by atoms with E-state index >= 15 is 0 Å². The molecule has 1 nitrogen and oxygen atoms in total. The van der Waals surface area contributed by atoms with E-state index in [-0.39, 0.29) is 0 Å². The molecule has 0 bridgehead atoms. The summed E-state index contributed by atoms with van der Waals surface area (Å²) >= 11 is 0. The van der Waals surface area contributed by atoms with Gasteiger partial charge in [0.15, 0.2) is 0 Å². The fraction of sp³-hybridized carbons (Fsp3) is 0.0857. The lowest BCUT2D eigenvalue weighted by molar-refractivity contribution is 1.10. The average Bonchev–Trinajstić information content (AvgIpc) is 3.19. The minimum atomic E-state index is 1.08. The van der Waals surface area contributed by atoms with Crippen LogP contribution < -0.4 is 0 Å². The predicted molar refractivity (Wildman–Crippen MR) is 160 cm³/mol. The Hall–Kier alpha value is -4.36. The van der Waals surface area contributed by atoms with Crippen molar-refractivity contribution in [1.29, 1.82) is 0 Å². The van der Waals surface area contributed by atoms with Crippen LogP contribution in [0.1, 0.15) is 41.8 Å². The zero-order valence-corrected chi connectivity index (χ0v) is 21.4. The highest BCUT2D eigenvalue weighted by Crippen LogP contribution is 2.35. The van der Waals surface area contributed by atoms with Gasteiger partial charge in [-0.3, -0.25) is 0 Å². The van der Waals surface area contributed by atoms with Gasteiger partial charge in [0, 0.05) is 16.6 Å². The lowest BCUT2D eigenvalue weighted by Gasteiger charge is -2.10. The van der Waals surface area contributed by atoms with Crippen LogP contribution in [0.25, 0.3) is 39.9 Å². The number of hydrogen-bond donors (Lipinski definition) is 0. The van der Waals surface area contributed by atoms with Crippen LogP contribution in [0.4, 0.5) is 0 Å². The van der Waals surface area contributed by atoms with E-state index in [9.17, 15) is 0 Å². The third kappa shape index (κ3) is 5.01. The van der Waals surface area contributed by atoms with Crippen LogP contribution in [-0.4, -0.2) is 4.57 Å². The summed E-state index contributed by atoms with van der Waals surface area (Å²) in [6.45, 7) is 14.3. The number of allylic oxidation sites excluding steroid dienone is 8. The predicted octanol–water partition coefficient (Wildman–Crippen LogP) is 9.84. The van der Waals surface area contributed by atoms with Gasteiger partial charge in [-0.2, -0.15) is 0 Å². The molecule has 0 amide bonds. The Balaban J connectivity index is 1.96. The van der Waals surface area contributed by atoms with Crippen LogP contribution in [-0.2, 0) is 0 Å². The summed E-state index contributed by atoms with van der Waals surface area (Å²) < 4.78 is 2.34. The second-order valence-electron chi connectivity index (χ2n) is 8.73. The number of rotatable bonds is 8. The third-order valence-electron chi connectivity index (χ3n) is 6.23. The van der Waals surface area contributed by atoms with Crippen LogP contribution in [0.15, 0.2) is 122 Å². The number of nitrogens with zero attached hydrogens (tertiary/aromatic N) is 1. The molecule has 0 N–H and O–H groups in total. The van der Waals surface area contributed by atoms with E-state index in [2.05, 4.69) is 148 Å². The number of para-hydroxylation sites is 1. The third-order valence-corrected chi connectivity index (χ3v) is 6.23. The molecule has 0 fully saturated rings. The molecule has 1 aromatic heterocycles. The fourth-order valence-electron chi connectivity index (χ4n) is 4.64. The van der Waals surface area contributed by atoms with Crippen molar-refractivity contribution in [1.82, 2.24) is 4.57 Å². The maximum Gasteiger partial charge on any atom is 0.0541 e. The molecule has 3 aromatic carbocycles. The monoisotopic (exact) mass is 467 g/mol. The van der Waals surface area contributed by atoms with E-state index in [1.54, 1.807) is 0 Å². The Kier molecular flexibility index (Phi) is 7.82. The van der Waals surface area contributed by atoms with E-state index in [4.69, 9.17) is 0 Å². The summed E-state index contributed by atoms with van der Waals surface area (Å²) in [6.07, 6.45) is 16.6. The fourth-order valence-corrected chi connectivity index (χ4v) is 4.64. The van der Waals surface area contributed by atoms with E-state index in [1.807, 2.05) is 12.2 Å². The molecule has 0 aliphatic carbocycles. The van der Waals surface area contributed by atoms with Gasteiger partial charge in [0.25, 0.3) is 0 Å². The second kappa shape index (κ2) is 11.4. The molecule has 0 unspecified atom stereocenters. The van der Waals surface area contributed by atoms with Crippen molar-refractivity contribution in [3.8, 4) is 5.69 Å². The zero-order chi connectivity index (χ0) is 25.5. The van der Waals surface area contributed by atoms with Crippen molar-refractivity contribution in [3.05, 3.63) is 150 Å². The molecule has 178 valence electrons. The maximum absolute atomic E-state index is 4.09. The lowest BCUT2D eigenvalue weighted by Crippen LogP contribution is -1.96. The highest BCUT2D eigenvalue weighted by atomic mass is 15.0. The SMILES string of the molecule is C=C/C=C(\C=C(/C=C)c1cccc(C)c1)c1ccc2c(c1)c(/C=C\C)c(/C=C\C)n2-c1ccccc1. The van der Waals surface area contributed by atoms with Gasteiger partial charge in [0.1, 0.15) is 0 Å². The molecule has 1 heterocycles. The molecule has 0 radical (unpaired) electrons. The number of aryl methyl sites for hydroxylation is 1. The smallest absolute Gasteiger partial charge is 0.0541 e. The van der Waals surface area contributed by atoms with Gasteiger partial charge in [-0.15, -0.1) is 0 Å². The molecular formula is C35H33N. The standard InChI is InChI=1S/C35H33N/c1-6-14-28(24-27(9-4)29-18-13-17-26(5)23-29)30-21-22-35-33(25-30)32(15-7-2)34(16-8-3)36(35)31-19-11-10-12-20-31/h6-25H,1,4H2,2-3,5H3/b15-7-,16-8-,27-24+,28-14+. The Labute approximate surface area is 215 Å². The maximum atomic E-state index is 4.09. The highest BCUT2D eigenvalue weighted by molar-refractivity contribution is 5.98. The van der Waals surface area contributed by atoms with Gasteiger partial charge in [-0.25, -0.2) is 0 Å². The first-order valence-corrected chi connectivity index (χ1v) is 12.3. The molecule has 4 rings (SSSR count). The van der Waals surface area contributed by atoms with Gasteiger partial charge in [-0.1, -0.05) is 104 Å². The molecule has 0 aliphatic heterocycles. The summed E-state index contributed by atoms with van der Waals surface area (Å²) in [5.41, 5.74) is 10.4. The summed E-state index contributed by atoms with van der Waals surface area (Å²) in [5, 5.41) is 1.21. The van der Waals surface area contributed by atoms with Gasteiger partial charge >= 0.3 is 0 Å². The number of benzene rings is 3. The zero-order valence-electron chi connectivity index (χ0n) is 21.4. The van der Waals surface area contributed by atoms with Crippen LogP contribution in [0.2, 0.25) is 0 Å². The normalized spacial score (nSPS) is 12.6. The van der Waals surface area contributed by atoms with Crippen LogP contribution in [0, 0.1) is 6.92 Å². The Morgan fingerprint density at radius 2 is 1.53 bits per heavy atom. The first-order chi connectivity index (χ1) is 17.6. The Morgan fingerprint density at radius 3 is 2.19 bits per heavy atom. The Morgan fingerprint density at radius 1 is 0.778 bits per heavy atom. The van der Waals surface area contributed by atoms with Gasteiger partial charge in [0.05, 0.1) is 11.2 Å². The van der Waals surface area contributed by atoms with E-state index < -0.39 is 0 Å². The summed E-state index contributed by atoms with van der Waals surface area (Å²) in [7, 11) is 0. The molecule has 0 saturated carbocycles. The molecular weight excluding hydrogens is 434 g/mol. The van der Waals surface area contributed by atoms with E-state index in [0.29, 0.717) is 0 Å². The van der Waals surface area contributed by atoms with Crippen molar-refractivity contribution in [3.63, 3.8) is 0 Å². The van der Waals surface area contributed by atoms with Crippen molar-refractivity contribution >= 4 is 34.2 Å². The van der Waals surface area contributed by atoms with Crippen molar-refractivity contribution in [2.45, 2.75) is 20.8 Å². The van der Waals surface area contributed by atoms with Gasteiger partial charge < -0.3 is 4.57 Å². The lowest BCUT2D eigenvalue weighted by atomic mass is 9.96. The topological polar surface area (TPSA) is 4.93 Å². The van der Waals surface area contributed by atoms with Crippen molar-refractivity contribution in [2.24, 2.45) is 0 Å². The quantitative estimate of drug-likeness (QED) is 0.227. The molecule has 0 spiro atoms. The number of fused-ring (bicyclic) bond motifs is 1. The number of aromatic nitrogens is 1. The summed E-state index contributed by atoms with van der Waals surface area (Å²) in [6, 6.07) is 25.8. The largest absolute Gasteiger partial charge is 0.309 e. The highest BCUT2D eigenvalue weighted by Gasteiger charge is 2.16. The average molecular weight is 468 g/mol. The van der Waals surface area contributed by atoms with Crippen LogP contribution in [0.5, 0.6) is 0 Å². The van der Waals surface area contributed by atoms with Crippen LogP contribution in [0.3, 0.4) is 0 Å². The molecule has 36 heavy (non-hydrogen) atoms. The molecule has 1 heteroatoms. The van der Waals surface area contributed by atoms with Gasteiger partial charge in [-0.05, 0) is 79.5 Å². The molecule has 0 saturated heterocycles. The molecule has 0 atom stereocenters. The first kappa shape index (κ1) is 24.8. The van der Waals surface area contributed by atoms with Crippen LogP contribution >= 0.6 is 0 Å². The minimum absolute atomic E-state index is 1.08. The van der Waals surface area contributed by atoms with Gasteiger partial charge in [0.2, 0.25) is 0 Å².